The highest BCUT2D eigenvalue weighted by atomic mass is 19.1. The first-order valence-corrected chi connectivity index (χ1v) is 44.7. The summed E-state index contributed by atoms with van der Waals surface area (Å²) in [5.74, 6) is 44.3. The number of hydrogen-bond donors (Lipinski definition) is 0. The zero-order valence-electron chi connectivity index (χ0n) is 80.3. The van der Waals surface area contributed by atoms with Gasteiger partial charge in [-0.25, -0.2) is 8.78 Å². The molecule has 20 nitrogen and oxygen atoms in total. The molecule has 8 heterocycles. The fourth-order valence-electron chi connectivity index (χ4n) is 13.9. The summed E-state index contributed by atoms with van der Waals surface area (Å²) < 4.78 is 53.8. The van der Waals surface area contributed by atoms with Crippen LogP contribution in [0.15, 0.2) is 0 Å². The summed E-state index contributed by atoms with van der Waals surface area (Å²) in [6.07, 6.45) is 13.8. The minimum Gasteiger partial charge on any atom is -0.381 e. The third-order valence-corrected chi connectivity index (χ3v) is 23.0. The first-order valence-electron chi connectivity index (χ1n) is 44.7. The van der Waals surface area contributed by atoms with Gasteiger partial charge in [-0.1, -0.05) is 207 Å². The lowest BCUT2D eigenvalue weighted by molar-refractivity contribution is -0.117. The number of hydrogen-bond acceptors (Lipinski definition) is 20. The van der Waals surface area contributed by atoms with Crippen molar-refractivity contribution in [1.29, 1.82) is 0 Å². The predicted octanol–water partition coefficient (Wildman–Crippen LogP) is 15.1. The molecule has 9 atom stereocenters. The maximum atomic E-state index is 13.7. The molecule has 9 aliphatic rings. The number of Topliss-reactive ketones (excluding diaryl/α,β-unsaturated/α-hetero) is 8. The Morgan fingerprint density at radius 2 is 0.786 bits per heavy atom. The van der Waals surface area contributed by atoms with Crippen molar-refractivity contribution in [3.63, 3.8) is 0 Å². The molecule has 0 radical (unpaired) electrons. The summed E-state index contributed by atoms with van der Waals surface area (Å²) in [7, 11) is 13.7. The predicted molar refractivity (Wildman–Crippen MR) is 511 cm³/mol. The highest BCUT2D eigenvalue weighted by Gasteiger charge is 2.42. The van der Waals surface area contributed by atoms with Crippen molar-refractivity contribution in [3.05, 3.63) is 0 Å². The molecule has 0 aromatic carbocycles. The van der Waals surface area contributed by atoms with Crippen LogP contribution in [0.25, 0.3) is 0 Å². The molecule has 9 unspecified atom stereocenters. The van der Waals surface area contributed by atoms with Crippen molar-refractivity contribution in [2.75, 3.05) is 128 Å². The minimum atomic E-state index is -1.28. The summed E-state index contributed by atoms with van der Waals surface area (Å²) in [4.78, 5) is 106. The van der Waals surface area contributed by atoms with Crippen molar-refractivity contribution in [1.82, 2.24) is 34.3 Å². The highest BCUT2D eigenvalue weighted by Crippen LogP contribution is 2.35. The van der Waals surface area contributed by atoms with Crippen LogP contribution in [-0.2, 0) is 62.0 Å². The van der Waals surface area contributed by atoms with E-state index < -0.39 is 11.5 Å². The number of piperidine rings is 1. The second-order valence-corrected chi connectivity index (χ2v) is 37.5. The van der Waals surface area contributed by atoms with Crippen LogP contribution in [0.5, 0.6) is 0 Å². The number of morpholine rings is 2. The molecule has 0 amide bonds. The van der Waals surface area contributed by atoms with E-state index in [-0.39, 0.29) is 170 Å². The molecule has 8 saturated heterocycles. The lowest BCUT2D eigenvalue weighted by atomic mass is 9.89. The van der Waals surface area contributed by atoms with E-state index >= 15 is 0 Å². The second kappa shape index (κ2) is 61.0. The number of ketones is 8. The number of halogens is 2. The molecule has 1 saturated carbocycles. The van der Waals surface area contributed by atoms with Crippen LogP contribution in [0.3, 0.4) is 0 Å². The van der Waals surface area contributed by atoms with E-state index in [1.165, 1.54) is 32.1 Å². The Morgan fingerprint density at radius 1 is 0.405 bits per heavy atom. The van der Waals surface area contributed by atoms with Gasteiger partial charge >= 0.3 is 0 Å². The number of likely N-dealkylation sites (tertiary alicyclic amines) is 3. The van der Waals surface area contributed by atoms with Crippen molar-refractivity contribution in [2.24, 2.45) is 47.3 Å². The summed E-state index contributed by atoms with van der Waals surface area (Å²) in [6, 6.07) is 1.42. The van der Waals surface area contributed by atoms with Gasteiger partial charge in [-0.3, -0.25) is 72.7 Å². The van der Waals surface area contributed by atoms with Gasteiger partial charge in [-0.05, 0) is 190 Å². The average Bonchev–Trinajstić information content (AvgIpc) is 1.06. The number of alkyl halides is 2. The van der Waals surface area contributed by atoms with Gasteiger partial charge in [0.2, 0.25) is 46.3 Å². The van der Waals surface area contributed by atoms with Gasteiger partial charge < -0.3 is 23.7 Å². The topological polar surface area (TPSA) is 205 Å². The monoisotopic (exact) mass is 1760 g/mol. The Kier molecular flexibility index (Phi) is 59.7. The first kappa shape index (κ1) is 123. The molecule has 1 aliphatic carbocycles. The highest BCUT2D eigenvalue weighted by molar-refractivity contribution is 6.00. The zero-order chi connectivity index (χ0) is 92.6. The number of carbonyl (C=O) groups excluding carboxylic acids is 8. The smallest absolute Gasteiger partial charge is 0.208 e. The fraction of sp³-hybridized carbons (Fsp3) is 0.769. The van der Waals surface area contributed by atoms with Gasteiger partial charge in [-0.2, -0.15) is 0 Å². The Bertz CT molecular complexity index is 3850. The second-order valence-electron chi connectivity index (χ2n) is 37.5. The summed E-state index contributed by atoms with van der Waals surface area (Å²) >= 11 is 0. The molecule has 714 valence electrons. The Hall–Kier alpha value is -6.78. The van der Waals surface area contributed by atoms with Gasteiger partial charge in [0, 0.05) is 118 Å². The average molecular weight is 1770 g/mol. The molecule has 0 aromatic heterocycles. The molecule has 9 rings (SSSR count). The molecule has 22 heteroatoms. The van der Waals surface area contributed by atoms with Crippen LogP contribution in [0.4, 0.5) is 8.78 Å². The van der Waals surface area contributed by atoms with Gasteiger partial charge in [0.15, 0.2) is 5.79 Å². The zero-order valence-corrected chi connectivity index (χ0v) is 80.3. The molecular weight excluding hydrogens is 1590 g/mol. The minimum absolute atomic E-state index is 0. The van der Waals surface area contributed by atoms with Crippen LogP contribution >= 0.6 is 0 Å². The van der Waals surface area contributed by atoms with Crippen LogP contribution in [0.1, 0.15) is 272 Å². The van der Waals surface area contributed by atoms with Crippen LogP contribution < -0.4 is 0 Å². The molecule has 126 heavy (non-hydrogen) atoms. The molecule has 8 aliphatic heterocycles. The van der Waals surface area contributed by atoms with Crippen molar-refractivity contribution < 1.29 is 70.8 Å². The van der Waals surface area contributed by atoms with Crippen molar-refractivity contribution in [3.8, 4) is 94.7 Å². The molecule has 0 bridgehead atoms. The Morgan fingerprint density at radius 3 is 1.15 bits per heavy atom. The van der Waals surface area contributed by atoms with E-state index in [0.29, 0.717) is 57.1 Å². The van der Waals surface area contributed by atoms with Gasteiger partial charge in [0.25, 0.3) is 0 Å². The summed E-state index contributed by atoms with van der Waals surface area (Å²) in [5.41, 5.74) is -1.61. The Balaban J connectivity index is -0.00000137. The molecule has 0 aromatic rings. The van der Waals surface area contributed by atoms with E-state index in [1.54, 1.807) is 25.8 Å². The maximum Gasteiger partial charge on any atom is 0.208 e. The molecule has 9 fully saturated rings. The lowest BCUT2D eigenvalue weighted by Crippen LogP contribution is -2.57. The van der Waals surface area contributed by atoms with Crippen LogP contribution in [0, 0.1) is 142 Å². The standard InChI is InChI=1S/C16H27NO.C13H19NO3.C13H21NO2.C13H21NO.2C12H18FNO.C11H17NO2.C10H14O2.4CH4/c1-12(2)15(18)10-11-16(5,6)17-13(3)8-7-9-14(17)4;1-10(2)13(15)4-3-11-7-16-6-5-14(11)12-8-17-9-12;1-11(2)12(15)5-6-13(14(3)4)7-9-16-10-8-13;1-11(2)12(15)7-10-13(14(3)4)8-5-6-9-13;1-9(2)11(15)6-5-10-7-12(3,13)8-14(10)4;1-9(2)11(15)6-5-10-7-8-12(3,13)14(10)4;1-9(2)11(13)5-4-10-8-14-7-6-12(10)3;1-8(2)10(11)6-5-9-4-3-7-12-9;;;;/h12-14H,7-9H2,1-6H3;10-12H,5-9H2,1-2H3;11H,7-10H2,1-4H3;11H,5-6,8-9H2,1-4H3;2*9-10H,7-8H2,1-4H3;9-10H,6-8H2,1-3H3;8-9H,3-4,7H2,1-2H3;4*1H4. The summed E-state index contributed by atoms with van der Waals surface area (Å²) in [5, 5.41) is 0. The van der Waals surface area contributed by atoms with Gasteiger partial charge in [-0.15, -0.1) is 0 Å². The quantitative estimate of drug-likeness (QED) is 0.101. The number of ether oxygens (including phenoxy) is 5. The number of nitrogens with zero attached hydrogens (tertiary/aromatic N) is 7. The van der Waals surface area contributed by atoms with Crippen LogP contribution in [0.2, 0.25) is 0 Å². The van der Waals surface area contributed by atoms with Crippen LogP contribution in [-0.4, -0.2) is 285 Å². The third kappa shape index (κ3) is 44.7. The number of rotatable bonds is 12. The van der Waals surface area contributed by atoms with E-state index in [0.717, 1.165) is 97.9 Å². The molecule has 0 spiro atoms. The summed E-state index contributed by atoms with van der Waals surface area (Å²) in [6.45, 7) is 50.3. The van der Waals surface area contributed by atoms with E-state index in [1.807, 2.05) is 144 Å². The maximum absolute atomic E-state index is 13.7. The third-order valence-electron chi connectivity index (χ3n) is 23.0. The van der Waals surface area contributed by atoms with Gasteiger partial charge in [0.1, 0.15) is 11.8 Å². The number of carbonyl (C=O) groups is 8. The van der Waals surface area contributed by atoms with Crippen molar-refractivity contribution >= 4 is 46.3 Å². The normalized spacial score (nSPS) is 24.1. The van der Waals surface area contributed by atoms with E-state index in [2.05, 4.69) is 161 Å². The van der Waals surface area contributed by atoms with E-state index in [9.17, 15) is 47.1 Å². The van der Waals surface area contributed by atoms with E-state index in [4.69, 9.17) is 23.7 Å². The SMILES string of the molecule is C.C.C.C.CC(C)C(=O)C#CC(C)(C)N1C(C)CCCC1C.CC(C)C(=O)C#CC1(N(C)C)CCCC1.CC(C)C(=O)C#CC1(N(C)C)CCOCC1.CC(C)C(=O)C#CC1CC(C)(F)CN1C.CC(C)C(=O)C#CC1CCC(C)(F)N1C.CC(C)C(=O)C#CC1CCCO1.CC(C)C(=O)C#CC1COCCN1C.CC(C)C(=O)C#CC1COCCN1C1COC1. The largest absolute Gasteiger partial charge is 0.381 e. The van der Waals surface area contributed by atoms with Gasteiger partial charge in [0.05, 0.1) is 86.5 Å². The first-order chi connectivity index (χ1) is 56.9. The molecular formula is C104H171F2N7O13. The molecule has 0 N–H and O–H groups in total. The lowest BCUT2D eigenvalue weighted by Gasteiger charge is -2.46. The Labute approximate surface area is 766 Å². The number of likely N-dealkylation sites (N-methyl/N-ethyl adjacent to an activating group) is 1. The fourth-order valence-corrected chi connectivity index (χ4v) is 13.9. The van der Waals surface area contributed by atoms with Crippen molar-refractivity contribution in [2.45, 2.75) is 348 Å².